The van der Waals surface area contributed by atoms with Crippen LogP contribution in [0.5, 0.6) is 0 Å². The van der Waals surface area contributed by atoms with Gasteiger partial charge in [0.2, 0.25) is 11.8 Å². The lowest BCUT2D eigenvalue weighted by molar-refractivity contribution is -0.134. The van der Waals surface area contributed by atoms with Crippen LogP contribution in [0.3, 0.4) is 0 Å². The Morgan fingerprint density at radius 2 is 1.65 bits per heavy atom. The second kappa shape index (κ2) is 11.6. The third-order valence-corrected chi connectivity index (χ3v) is 4.77. The van der Waals surface area contributed by atoms with E-state index in [2.05, 4.69) is 34.5 Å². The Balaban J connectivity index is 1.58. The normalized spacial score (nSPS) is 15.0. The van der Waals surface area contributed by atoms with Crippen LogP contribution in [0, 0.1) is 0 Å². The second-order valence-electron chi connectivity index (χ2n) is 6.87. The van der Waals surface area contributed by atoms with Crippen LogP contribution in [-0.4, -0.2) is 60.9 Å². The minimum atomic E-state index is -0.0335. The van der Waals surface area contributed by atoms with E-state index in [1.165, 1.54) is 5.56 Å². The average molecular weight is 361 g/mol. The van der Waals surface area contributed by atoms with E-state index in [9.17, 15) is 9.59 Å². The Bertz CT molecular complexity index is 542. The third-order valence-electron chi connectivity index (χ3n) is 4.77. The van der Waals surface area contributed by atoms with Crippen molar-refractivity contribution in [2.75, 3.05) is 39.3 Å². The van der Waals surface area contributed by atoms with Gasteiger partial charge in [0, 0.05) is 39.1 Å². The largest absolute Gasteiger partial charge is 0.347 e. The van der Waals surface area contributed by atoms with E-state index in [4.69, 9.17) is 5.73 Å². The first-order valence-corrected chi connectivity index (χ1v) is 9.70. The van der Waals surface area contributed by atoms with Crippen molar-refractivity contribution in [3.05, 3.63) is 35.9 Å². The number of hydrogen-bond donors (Lipinski definition) is 2. The zero-order chi connectivity index (χ0) is 18.6. The van der Waals surface area contributed by atoms with Crippen molar-refractivity contribution in [1.29, 1.82) is 0 Å². The summed E-state index contributed by atoms with van der Waals surface area (Å²) >= 11 is 0. The minimum absolute atomic E-state index is 0.0147. The van der Waals surface area contributed by atoms with Crippen molar-refractivity contribution in [3.8, 4) is 0 Å². The van der Waals surface area contributed by atoms with Gasteiger partial charge < -0.3 is 16.0 Å². The minimum Gasteiger partial charge on any atom is -0.347 e. The van der Waals surface area contributed by atoms with Crippen molar-refractivity contribution in [3.63, 3.8) is 0 Å². The Hall–Kier alpha value is -1.92. The summed E-state index contributed by atoms with van der Waals surface area (Å²) in [5.41, 5.74) is 6.74. The second-order valence-corrected chi connectivity index (χ2v) is 6.87. The highest BCUT2D eigenvalue weighted by atomic mass is 16.2. The van der Waals surface area contributed by atoms with Crippen LogP contribution < -0.4 is 11.1 Å². The Morgan fingerprint density at radius 3 is 2.35 bits per heavy atom. The van der Waals surface area contributed by atoms with Crippen LogP contribution in [0.4, 0.5) is 0 Å². The number of hydrogen-bond acceptors (Lipinski definition) is 4. The van der Waals surface area contributed by atoms with Crippen LogP contribution in [0.15, 0.2) is 30.3 Å². The fourth-order valence-corrected chi connectivity index (χ4v) is 3.15. The number of benzene rings is 1. The summed E-state index contributed by atoms with van der Waals surface area (Å²) in [7, 11) is 0. The molecule has 3 N–H and O–H groups in total. The maximum absolute atomic E-state index is 12.3. The van der Waals surface area contributed by atoms with Crippen LogP contribution in [0.1, 0.15) is 37.7 Å². The van der Waals surface area contributed by atoms with Crippen LogP contribution in [0.2, 0.25) is 0 Å². The molecule has 2 rings (SSSR count). The highest BCUT2D eigenvalue weighted by Gasteiger charge is 2.21. The average Bonchev–Trinajstić information content (AvgIpc) is 2.67. The molecule has 0 spiro atoms. The van der Waals surface area contributed by atoms with Gasteiger partial charge in [-0.3, -0.25) is 14.5 Å². The maximum atomic E-state index is 12.3. The molecule has 6 heteroatoms. The third kappa shape index (κ3) is 7.54. The van der Waals surface area contributed by atoms with Gasteiger partial charge in [-0.15, -0.1) is 0 Å². The lowest BCUT2D eigenvalue weighted by Crippen LogP contribution is -2.50. The van der Waals surface area contributed by atoms with Crippen molar-refractivity contribution in [2.24, 2.45) is 5.73 Å². The molecule has 0 unspecified atom stereocenters. The van der Waals surface area contributed by atoms with Gasteiger partial charge in [0.25, 0.3) is 0 Å². The van der Waals surface area contributed by atoms with Crippen LogP contribution in [-0.2, 0) is 16.1 Å². The molecule has 1 heterocycles. The number of rotatable bonds is 10. The standard InChI is InChI=1S/C20H32N4O2/c21-11-7-2-1-6-10-19(25)22-16-20(26)24-14-12-23(13-15-24)17-18-8-4-3-5-9-18/h3-5,8-9H,1-2,6-7,10-17,21H2,(H,22,25). The topological polar surface area (TPSA) is 78.7 Å². The molecule has 26 heavy (non-hydrogen) atoms. The number of amides is 2. The first-order valence-electron chi connectivity index (χ1n) is 9.70. The number of nitrogens with zero attached hydrogens (tertiary/aromatic N) is 2. The van der Waals surface area contributed by atoms with Crippen LogP contribution >= 0.6 is 0 Å². The first kappa shape index (κ1) is 20.4. The van der Waals surface area contributed by atoms with Crippen LogP contribution in [0.25, 0.3) is 0 Å². The quantitative estimate of drug-likeness (QED) is 0.618. The molecule has 1 aliphatic heterocycles. The predicted molar refractivity (Wildman–Crippen MR) is 103 cm³/mol. The molecule has 0 radical (unpaired) electrons. The molecule has 0 aromatic heterocycles. The van der Waals surface area contributed by atoms with Gasteiger partial charge in [0.15, 0.2) is 0 Å². The molecule has 0 bridgehead atoms. The lowest BCUT2D eigenvalue weighted by atomic mass is 10.1. The number of unbranched alkanes of at least 4 members (excludes halogenated alkanes) is 3. The molecule has 0 saturated carbocycles. The smallest absolute Gasteiger partial charge is 0.242 e. The van der Waals surface area contributed by atoms with E-state index >= 15 is 0 Å². The predicted octanol–water partition coefficient (Wildman–Crippen LogP) is 1.36. The Morgan fingerprint density at radius 1 is 0.962 bits per heavy atom. The van der Waals surface area contributed by atoms with E-state index in [1.54, 1.807) is 0 Å². The van der Waals surface area contributed by atoms with Gasteiger partial charge >= 0.3 is 0 Å². The van der Waals surface area contributed by atoms with Gasteiger partial charge in [-0.2, -0.15) is 0 Å². The van der Waals surface area contributed by atoms with Gasteiger partial charge in [-0.05, 0) is 24.9 Å². The Labute approximate surface area is 156 Å². The van der Waals surface area contributed by atoms with E-state index in [-0.39, 0.29) is 18.4 Å². The van der Waals surface area contributed by atoms with E-state index < -0.39 is 0 Å². The monoisotopic (exact) mass is 360 g/mol. The highest BCUT2D eigenvalue weighted by Crippen LogP contribution is 2.08. The number of nitrogens with two attached hydrogens (primary N) is 1. The molecular weight excluding hydrogens is 328 g/mol. The summed E-state index contributed by atoms with van der Waals surface area (Å²) in [6.45, 7) is 4.93. The number of nitrogens with one attached hydrogen (secondary N) is 1. The van der Waals surface area contributed by atoms with Gasteiger partial charge in [0.05, 0.1) is 6.54 Å². The summed E-state index contributed by atoms with van der Waals surface area (Å²) in [5, 5.41) is 2.75. The Kier molecular flexibility index (Phi) is 9.14. The van der Waals surface area contributed by atoms with Gasteiger partial charge in [0.1, 0.15) is 0 Å². The molecule has 0 atom stereocenters. The summed E-state index contributed by atoms with van der Waals surface area (Å²) in [6.07, 6.45) is 4.44. The molecule has 144 valence electrons. The maximum Gasteiger partial charge on any atom is 0.242 e. The van der Waals surface area contributed by atoms with E-state index in [1.807, 2.05) is 11.0 Å². The summed E-state index contributed by atoms with van der Waals surface area (Å²) in [5.74, 6) is -0.0188. The summed E-state index contributed by atoms with van der Waals surface area (Å²) in [6, 6.07) is 10.4. The SMILES string of the molecule is NCCCCCCC(=O)NCC(=O)N1CCN(Cc2ccccc2)CC1. The highest BCUT2D eigenvalue weighted by molar-refractivity contribution is 5.84. The molecule has 1 aliphatic rings. The molecule has 1 saturated heterocycles. The summed E-state index contributed by atoms with van der Waals surface area (Å²) in [4.78, 5) is 28.3. The molecule has 0 aliphatic carbocycles. The number of carbonyl (C=O) groups excluding carboxylic acids is 2. The van der Waals surface area contributed by atoms with Crippen molar-refractivity contribution >= 4 is 11.8 Å². The number of carbonyl (C=O) groups is 2. The van der Waals surface area contributed by atoms with Crippen molar-refractivity contribution in [2.45, 2.75) is 38.6 Å². The zero-order valence-corrected chi connectivity index (χ0v) is 15.7. The molecule has 2 amide bonds. The molecule has 6 nitrogen and oxygen atoms in total. The first-order chi connectivity index (χ1) is 12.7. The molecule has 1 fully saturated rings. The fourth-order valence-electron chi connectivity index (χ4n) is 3.15. The number of piperazine rings is 1. The van der Waals surface area contributed by atoms with Gasteiger partial charge in [-0.25, -0.2) is 0 Å². The fraction of sp³-hybridized carbons (Fsp3) is 0.600. The van der Waals surface area contributed by atoms with Gasteiger partial charge in [-0.1, -0.05) is 43.2 Å². The molecule has 1 aromatic rings. The van der Waals surface area contributed by atoms with Crippen molar-refractivity contribution < 1.29 is 9.59 Å². The van der Waals surface area contributed by atoms with Crippen molar-refractivity contribution in [1.82, 2.24) is 15.1 Å². The van der Waals surface area contributed by atoms with E-state index in [0.717, 1.165) is 58.4 Å². The zero-order valence-electron chi connectivity index (χ0n) is 15.7. The van der Waals surface area contributed by atoms with E-state index in [0.29, 0.717) is 13.0 Å². The molecule has 1 aromatic carbocycles. The lowest BCUT2D eigenvalue weighted by Gasteiger charge is -2.34. The summed E-state index contributed by atoms with van der Waals surface area (Å²) < 4.78 is 0. The molecular formula is C20H32N4O2.